The summed E-state index contributed by atoms with van der Waals surface area (Å²) in [6.45, 7) is 1.63. The summed E-state index contributed by atoms with van der Waals surface area (Å²) in [5.41, 5.74) is 2.28. The molecule has 3 N–H and O–H groups in total. The first-order valence-electron chi connectivity index (χ1n) is 3.29. The van der Waals surface area contributed by atoms with Crippen molar-refractivity contribution in [2.24, 2.45) is 5.84 Å². The standard InChI is InChI=1S/C7H12N2O2/c1-3-4-5-7(10)11-6(2)9-8/h1,6,9H,4-5,8H2,2H3/t6-/m0/s1. The number of nitrogens with two attached hydrogens (primary N) is 1. The van der Waals surface area contributed by atoms with Gasteiger partial charge in [0.2, 0.25) is 0 Å². The van der Waals surface area contributed by atoms with E-state index in [2.05, 4.69) is 11.3 Å². The van der Waals surface area contributed by atoms with E-state index < -0.39 is 6.23 Å². The van der Waals surface area contributed by atoms with Crippen LogP contribution in [0.3, 0.4) is 0 Å². The normalized spacial score (nSPS) is 11.7. The molecule has 1 atom stereocenters. The number of ether oxygens (including phenoxy) is 1. The molecule has 0 aliphatic carbocycles. The van der Waals surface area contributed by atoms with Crippen LogP contribution in [0.15, 0.2) is 0 Å². The largest absolute Gasteiger partial charge is 0.446 e. The van der Waals surface area contributed by atoms with Crippen molar-refractivity contribution in [1.29, 1.82) is 0 Å². The molecule has 0 radical (unpaired) electrons. The van der Waals surface area contributed by atoms with Crippen molar-refractivity contribution in [3.63, 3.8) is 0 Å². The molecule has 0 aliphatic heterocycles. The summed E-state index contributed by atoms with van der Waals surface area (Å²) in [4.78, 5) is 10.8. The average Bonchev–Trinajstić information content (AvgIpc) is 2.00. The number of hydrogen-bond acceptors (Lipinski definition) is 4. The van der Waals surface area contributed by atoms with E-state index in [9.17, 15) is 4.79 Å². The highest BCUT2D eigenvalue weighted by Crippen LogP contribution is 1.93. The number of nitrogens with one attached hydrogen (secondary N) is 1. The number of hydrazine groups is 1. The van der Waals surface area contributed by atoms with Crippen molar-refractivity contribution in [2.75, 3.05) is 0 Å². The van der Waals surface area contributed by atoms with Gasteiger partial charge in [-0.1, -0.05) is 0 Å². The van der Waals surface area contributed by atoms with Crippen LogP contribution in [0.4, 0.5) is 0 Å². The minimum atomic E-state index is -0.458. The molecule has 62 valence electrons. The number of rotatable bonds is 4. The quantitative estimate of drug-likeness (QED) is 0.194. The lowest BCUT2D eigenvalue weighted by Gasteiger charge is -2.10. The molecule has 0 amide bonds. The van der Waals surface area contributed by atoms with Gasteiger partial charge in [0, 0.05) is 6.42 Å². The Labute approximate surface area is 66.1 Å². The molecule has 0 aromatic rings. The molecular formula is C7H12N2O2. The SMILES string of the molecule is C#CCCC(=O)O[C@@H](C)NN. The molecule has 0 aliphatic rings. The first kappa shape index (κ1) is 9.95. The fraction of sp³-hybridized carbons (Fsp3) is 0.571. The molecule has 0 saturated carbocycles. The Balaban J connectivity index is 3.45. The van der Waals surface area contributed by atoms with Gasteiger partial charge in [-0.15, -0.1) is 12.3 Å². The van der Waals surface area contributed by atoms with Crippen LogP contribution in [0.5, 0.6) is 0 Å². The van der Waals surface area contributed by atoms with Crippen molar-refractivity contribution in [2.45, 2.75) is 26.0 Å². The molecule has 0 saturated heterocycles. The number of esters is 1. The Morgan fingerprint density at radius 2 is 2.55 bits per heavy atom. The number of carbonyl (C=O) groups excluding carboxylic acids is 1. The van der Waals surface area contributed by atoms with E-state index in [1.165, 1.54) is 0 Å². The van der Waals surface area contributed by atoms with E-state index in [0.29, 0.717) is 6.42 Å². The maximum atomic E-state index is 10.8. The zero-order valence-corrected chi connectivity index (χ0v) is 6.46. The Morgan fingerprint density at radius 1 is 1.91 bits per heavy atom. The molecule has 4 nitrogen and oxygen atoms in total. The molecule has 0 aromatic heterocycles. The van der Waals surface area contributed by atoms with Gasteiger partial charge in [-0.25, -0.2) is 5.43 Å². The highest BCUT2D eigenvalue weighted by atomic mass is 16.6. The van der Waals surface area contributed by atoms with Crippen LogP contribution < -0.4 is 11.3 Å². The molecule has 0 aromatic carbocycles. The lowest BCUT2D eigenvalue weighted by Crippen LogP contribution is -2.36. The van der Waals surface area contributed by atoms with Gasteiger partial charge in [-0.3, -0.25) is 10.6 Å². The van der Waals surface area contributed by atoms with Gasteiger partial charge in [0.15, 0.2) is 6.23 Å². The van der Waals surface area contributed by atoms with Crippen molar-refractivity contribution in [1.82, 2.24) is 5.43 Å². The van der Waals surface area contributed by atoms with E-state index >= 15 is 0 Å². The smallest absolute Gasteiger partial charge is 0.308 e. The summed E-state index contributed by atoms with van der Waals surface area (Å²) < 4.78 is 4.73. The number of hydrogen-bond donors (Lipinski definition) is 2. The Morgan fingerprint density at radius 3 is 3.00 bits per heavy atom. The van der Waals surface area contributed by atoms with Crippen LogP contribution in [0.1, 0.15) is 19.8 Å². The summed E-state index contributed by atoms with van der Waals surface area (Å²) in [6.07, 6.45) is 5.12. The van der Waals surface area contributed by atoms with E-state index in [-0.39, 0.29) is 12.4 Å². The van der Waals surface area contributed by atoms with E-state index in [0.717, 1.165) is 0 Å². The van der Waals surface area contributed by atoms with Gasteiger partial charge in [-0.05, 0) is 6.92 Å². The summed E-state index contributed by atoms with van der Waals surface area (Å²) in [5.74, 6) is 6.98. The second kappa shape index (κ2) is 5.71. The molecule has 0 heterocycles. The van der Waals surface area contributed by atoms with E-state index in [4.69, 9.17) is 17.0 Å². The zero-order chi connectivity index (χ0) is 8.69. The minimum Gasteiger partial charge on any atom is -0.446 e. The van der Waals surface area contributed by atoms with Gasteiger partial charge >= 0.3 is 5.97 Å². The van der Waals surface area contributed by atoms with Crippen LogP contribution >= 0.6 is 0 Å². The fourth-order valence-corrected chi connectivity index (χ4v) is 0.464. The molecule has 0 fully saturated rings. The summed E-state index contributed by atoms with van der Waals surface area (Å²) in [5, 5.41) is 0. The van der Waals surface area contributed by atoms with Crippen LogP contribution in [-0.2, 0) is 9.53 Å². The molecule has 0 spiro atoms. The second-order valence-corrected chi connectivity index (χ2v) is 2.00. The van der Waals surface area contributed by atoms with E-state index in [1.807, 2.05) is 0 Å². The van der Waals surface area contributed by atoms with Crippen LogP contribution in [0.25, 0.3) is 0 Å². The van der Waals surface area contributed by atoms with Crippen LogP contribution in [0, 0.1) is 12.3 Å². The number of terminal acetylenes is 1. The predicted octanol–water partition coefficient (Wildman–Crippen LogP) is -0.248. The van der Waals surface area contributed by atoms with Gasteiger partial charge in [0.1, 0.15) is 0 Å². The summed E-state index contributed by atoms with van der Waals surface area (Å²) in [6, 6.07) is 0. The Bertz CT molecular complexity index is 162. The second-order valence-electron chi connectivity index (χ2n) is 2.00. The molecule has 4 heteroatoms. The van der Waals surface area contributed by atoms with Gasteiger partial charge in [0.05, 0.1) is 6.42 Å². The highest BCUT2D eigenvalue weighted by molar-refractivity contribution is 5.69. The Hall–Kier alpha value is -1.05. The maximum Gasteiger partial charge on any atom is 0.308 e. The van der Waals surface area contributed by atoms with Crippen molar-refractivity contribution in [3.05, 3.63) is 0 Å². The first-order chi connectivity index (χ1) is 5.20. The van der Waals surface area contributed by atoms with Crippen molar-refractivity contribution >= 4 is 5.97 Å². The molecule has 11 heavy (non-hydrogen) atoms. The lowest BCUT2D eigenvalue weighted by atomic mass is 10.3. The molecular weight excluding hydrogens is 144 g/mol. The van der Waals surface area contributed by atoms with Crippen LogP contribution in [-0.4, -0.2) is 12.2 Å². The minimum absolute atomic E-state index is 0.239. The average molecular weight is 156 g/mol. The molecule has 0 rings (SSSR count). The predicted molar refractivity (Wildman–Crippen MR) is 40.9 cm³/mol. The third-order valence-electron chi connectivity index (χ3n) is 1.02. The van der Waals surface area contributed by atoms with Gasteiger partial charge in [-0.2, -0.15) is 0 Å². The molecule has 0 bridgehead atoms. The first-order valence-corrected chi connectivity index (χ1v) is 3.29. The highest BCUT2D eigenvalue weighted by Gasteiger charge is 2.05. The Kier molecular flexibility index (Phi) is 5.17. The zero-order valence-electron chi connectivity index (χ0n) is 6.46. The third kappa shape index (κ3) is 5.40. The molecule has 0 unspecified atom stereocenters. The topological polar surface area (TPSA) is 64.3 Å². The van der Waals surface area contributed by atoms with Crippen LogP contribution in [0.2, 0.25) is 0 Å². The van der Waals surface area contributed by atoms with E-state index in [1.54, 1.807) is 6.92 Å². The number of carbonyl (C=O) groups is 1. The third-order valence-corrected chi connectivity index (χ3v) is 1.02. The fourth-order valence-electron chi connectivity index (χ4n) is 0.464. The van der Waals surface area contributed by atoms with Gasteiger partial charge in [0.25, 0.3) is 0 Å². The van der Waals surface area contributed by atoms with Crippen molar-refractivity contribution < 1.29 is 9.53 Å². The summed E-state index contributed by atoms with van der Waals surface area (Å²) >= 11 is 0. The maximum absolute atomic E-state index is 10.8. The summed E-state index contributed by atoms with van der Waals surface area (Å²) in [7, 11) is 0. The van der Waals surface area contributed by atoms with Gasteiger partial charge < -0.3 is 4.74 Å². The van der Waals surface area contributed by atoms with Crippen molar-refractivity contribution in [3.8, 4) is 12.3 Å². The lowest BCUT2D eigenvalue weighted by molar-refractivity contribution is -0.149. The monoisotopic (exact) mass is 156 g/mol.